The molecule has 158 valence electrons. The molecule has 0 atom stereocenters. The molecule has 0 unspecified atom stereocenters. The number of nitrogens with one attached hydrogen (secondary N) is 1. The second-order valence-electron chi connectivity index (χ2n) is 6.28. The molecule has 7 nitrogen and oxygen atoms in total. The fourth-order valence-corrected chi connectivity index (χ4v) is 3.77. The zero-order valence-electron chi connectivity index (χ0n) is 15.2. The van der Waals surface area contributed by atoms with Gasteiger partial charge in [-0.2, -0.15) is 18.3 Å². The molecule has 1 heterocycles. The molecular weight excluding hydrogens is 445 g/mol. The Labute approximate surface area is 174 Å². The minimum absolute atomic E-state index is 0.0146. The first-order valence-corrected chi connectivity index (χ1v) is 10.2. The van der Waals surface area contributed by atoms with E-state index in [0.29, 0.717) is 10.2 Å². The van der Waals surface area contributed by atoms with Gasteiger partial charge in [0.1, 0.15) is 0 Å². The summed E-state index contributed by atoms with van der Waals surface area (Å²) in [5.74, 6) is -1.13. The Kier molecular flexibility index (Phi) is 5.63. The first-order valence-electron chi connectivity index (χ1n) is 8.24. The normalized spacial score (nSPS) is 12.1. The number of nitrogens with two attached hydrogens (primary N) is 1. The number of rotatable bonds is 4. The summed E-state index contributed by atoms with van der Waals surface area (Å²) in [6.45, 7) is 1.49. The molecule has 0 radical (unpaired) electrons. The van der Waals surface area contributed by atoms with Gasteiger partial charge in [0, 0.05) is 10.7 Å². The topological polar surface area (TPSA) is 107 Å². The van der Waals surface area contributed by atoms with Crippen LogP contribution in [0.3, 0.4) is 0 Å². The van der Waals surface area contributed by atoms with E-state index < -0.39 is 33.4 Å². The van der Waals surface area contributed by atoms with Gasteiger partial charge in [-0.1, -0.05) is 23.7 Å². The number of aromatic nitrogens is 2. The molecular formula is C18H14ClF3N4O3S. The molecule has 0 aliphatic rings. The van der Waals surface area contributed by atoms with Gasteiger partial charge in [0.15, 0.2) is 5.69 Å². The predicted molar refractivity (Wildman–Crippen MR) is 104 cm³/mol. The van der Waals surface area contributed by atoms with E-state index in [1.54, 1.807) is 0 Å². The van der Waals surface area contributed by atoms with Crippen molar-refractivity contribution in [3.8, 4) is 5.69 Å². The highest BCUT2D eigenvalue weighted by Gasteiger charge is 2.40. The Morgan fingerprint density at radius 3 is 2.50 bits per heavy atom. The van der Waals surface area contributed by atoms with Gasteiger partial charge in [-0.05, 0) is 42.8 Å². The van der Waals surface area contributed by atoms with E-state index in [2.05, 4.69) is 10.4 Å². The van der Waals surface area contributed by atoms with Gasteiger partial charge in [0.2, 0.25) is 10.0 Å². The van der Waals surface area contributed by atoms with Crippen LogP contribution in [-0.2, 0) is 16.2 Å². The largest absolute Gasteiger partial charge is 0.434 e. The Morgan fingerprint density at radius 1 is 1.20 bits per heavy atom. The van der Waals surface area contributed by atoms with Crippen molar-refractivity contribution in [3.05, 3.63) is 70.5 Å². The maximum atomic E-state index is 13.7. The first-order chi connectivity index (χ1) is 13.9. The highest BCUT2D eigenvalue weighted by Crippen LogP contribution is 2.34. The van der Waals surface area contributed by atoms with Crippen LogP contribution in [0.1, 0.15) is 21.6 Å². The second kappa shape index (κ2) is 7.74. The molecule has 0 saturated carbocycles. The van der Waals surface area contributed by atoms with E-state index in [0.717, 1.165) is 12.3 Å². The number of hydrogen-bond acceptors (Lipinski definition) is 4. The van der Waals surface area contributed by atoms with Gasteiger partial charge >= 0.3 is 6.18 Å². The van der Waals surface area contributed by atoms with Crippen LogP contribution in [0.25, 0.3) is 5.69 Å². The van der Waals surface area contributed by atoms with Crippen LogP contribution in [0.4, 0.5) is 18.9 Å². The lowest BCUT2D eigenvalue weighted by atomic mass is 10.2. The zero-order valence-corrected chi connectivity index (χ0v) is 16.8. The average molecular weight is 459 g/mol. The number of carbonyl (C=O) groups excluding carboxylic acids is 1. The third-order valence-electron chi connectivity index (χ3n) is 4.09. The lowest BCUT2D eigenvalue weighted by molar-refractivity contribution is -0.143. The molecule has 0 aliphatic heterocycles. The number of aryl methyl sites for hydroxylation is 1. The number of hydrogen-bond donors (Lipinski definition) is 2. The van der Waals surface area contributed by atoms with Crippen LogP contribution in [0.5, 0.6) is 0 Å². The molecule has 0 aliphatic carbocycles. The van der Waals surface area contributed by atoms with E-state index in [1.165, 1.54) is 43.3 Å². The smallest absolute Gasteiger partial charge is 0.322 e. The summed E-state index contributed by atoms with van der Waals surface area (Å²) in [6.07, 6.45) is -4.14. The van der Waals surface area contributed by atoms with E-state index in [1.807, 2.05) is 0 Å². The lowest BCUT2D eigenvalue weighted by Crippen LogP contribution is -2.21. The standard InChI is InChI=1S/C18H14ClF3N4O3S/c1-10-5-6-12(8-15(10)30(23,28)29)25-17(27)14-9-24-26(16(14)18(20,21)22)13-4-2-3-11(19)7-13/h2-9H,1H3,(H,25,27)(H2,23,28,29). The van der Waals surface area contributed by atoms with E-state index in [-0.39, 0.29) is 21.3 Å². The van der Waals surface area contributed by atoms with Gasteiger partial charge in [-0.15, -0.1) is 0 Å². The van der Waals surface area contributed by atoms with Crippen LogP contribution in [-0.4, -0.2) is 24.1 Å². The SMILES string of the molecule is Cc1ccc(NC(=O)c2cnn(-c3cccc(Cl)c3)c2C(F)(F)F)cc1S(N)(=O)=O. The molecule has 0 fully saturated rings. The van der Waals surface area contributed by atoms with E-state index >= 15 is 0 Å². The van der Waals surface area contributed by atoms with Crippen molar-refractivity contribution in [1.82, 2.24) is 9.78 Å². The summed E-state index contributed by atoms with van der Waals surface area (Å²) in [5.41, 5.74) is -1.76. The number of amides is 1. The van der Waals surface area contributed by atoms with Crippen LogP contribution < -0.4 is 10.5 Å². The summed E-state index contributed by atoms with van der Waals surface area (Å²) in [4.78, 5) is 12.3. The van der Waals surface area contributed by atoms with Gasteiger partial charge in [-0.3, -0.25) is 4.79 Å². The average Bonchev–Trinajstić information content (AvgIpc) is 3.08. The van der Waals surface area contributed by atoms with Crippen molar-refractivity contribution in [1.29, 1.82) is 0 Å². The minimum Gasteiger partial charge on any atom is -0.322 e. The van der Waals surface area contributed by atoms with Gasteiger partial charge in [0.25, 0.3) is 5.91 Å². The summed E-state index contributed by atoms with van der Waals surface area (Å²) in [6, 6.07) is 9.33. The molecule has 3 rings (SSSR count). The van der Waals surface area contributed by atoms with E-state index in [9.17, 15) is 26.4 Å². The van der Waals surface area contributed by atoms with E-state index in [4.69, 9.17) is 16.7 Å². The Morgan fingerprint density at radius 2 is 1.90 bits per heavy atom. The summed E-state index contributed by atoms with van der Waals surface area (Å²) >= 11 is 5.84. The van der Waals surface area contributed by atoms with Gasteiger partial charge in [-0.25, -0.2) is 18.2 Å². The molecule has 3 aromatic rings. The van der Waals surface area contributed by atoms with Crippen molar-refractivity contribution in [3.63, 3.8) is 0 Å². The molecule has 12 heteroatoms. The number of primary sulfonamides is 1. The molecule has 0 saturated heterocycles. The lowest BCUT2D eigenvalue weighted by Gasteiger charge is -2.13. The third kappa shape index (κ3) is 4.48. The maximum absolute atomic E-state index is 13.7. The molecule has 30 heavy (non-hydrogen) atoms. The second-order valence-corrected chi connectivity index (χ2v) is 8.24. The zero-order chi connectivity index (χ0) is 22.3. The van der Waals surface area contributed by atoms with Crippen molar-refractivity contribution in [2.24, 2.45) is 5.14 Å². The number of sulfonamides is 1. The molecule has 1 aromatic heterocycles. The molecule has 0 spiro atoms. The molecule has 0 bridgehead atoms. The summed E-state index contributed by atoms with van der Waals surface area (Å²) in [5, 5.41) is 11.2. The minimum atomic E-state index is -4.91. The predicted octanol–water partition coefficient (Wildman–Crippen LogP) is 3.75. The van der Waals surface area contributed by atoms with Gasteiger partial charge < -0.3 is 5.32 Å². The number of carbonyl (C=O) groups is 1. The molecule has 2 aromatic carbocycles. The van der Waals surface area contributed by atoms with Crippen LogP contribution in [0, 0.1) is 6.92 Å². The molecule has 3 N–H and O–H groups in total. The number of anilines is 1. The number of nitrogens with zero attached hydrogens (tertiary/aromatic N) is 2. The Hall–Kier alpha value is -2.89. The van der Waals surface area contributed by atoms with Crippen LogP contribution in [0.2, 0.25) is 5.02 Å². The fourth-order valence-electron chi connectivity index (χ4n) is 2.77. The van der Waals surface area contributed by atoms with Crippen molar-refractivity contribution >= 4 is 33.2 Å². The number of alkyl halides is 3. The Balaban J connectivity index is 2.04. The highest BCUT2D eigenvalue weighted by atomic mass is 35.5. The van der Waals surface area contributed by atoms with Gasteiger partial charge in [0.05, 0.1) is 22.3 Å². The van der Waals surface area contributed by atoms with Crippen LogP contribution in [0.15, 0.2) is 53.6 Å². The maximum Gasteiger partial charge on any atom is 0.434 e. The fraction of sp³-hybridized carbons (Fsp3) is 0.111. The van der Waals surface area contributed by atoms with Crippen LogP contribution >= 0.6 is 11.6 Å². The highest BCUT2D eigenvalue weighted by molar-refractivity contribution is 7.89. The van der Waals surface area contributed by atoms with Crippen molar-refractivity contribution in [2.75, 3.05) is 5.32 Å². The van der Waals surface area contributed by atoms with Crippen molar-refractivity contribution < 1.29 is 26.4 Å². The Bertz CT molecular complexity index is 1240. The molecule has 1 amide bonds. The summed E-state index contributed by atoms with van der Waals surface area (Å²) in [7, 11) is -4.08. The number of halogens is 4. The number of benzene rings is 2. The summed E-state index contributed by atoms with van der Waals surface area (Å²) < 4.78 is 65.0. The monoisotopic (exact) mass is 458 g/mol. The first kappa shape index (κ1) is 21.8. The van der Waals surface area contributed by atoms with Crippen molar-refractivity contribution in [2.45, 2.75) is 18.0 Å². The quantitative estimate of drug-likeness (QED) is 0.620. The third-order valence-corrected chi connectivity index (χ3v) is 5.38.